The van der Waals surface area contributed by atoms with E-state index >= 15 is 0 Å². The zero-order chi connectivity index (χ0) is 17.3. The van der Waals surface area contributed by atoms with Crippen LogP contribution in [-0.2, 0) is 24.7 Å². The summed E-state index contributed by atoms with van der Waals surface area (Å²) in [7, 11) is 1.66. The van der Waals surface area contributed by atoms with Crippen LogP contribution in [0.25, 0.3) is 10.9 Å². The Labute approximate surface area is 146 Å². The molecule has 2 aromatic rings. The van der Waals surface area contributed by atoms with Gasteiger partial charge in [0.05, 0.1) is 37.5 Å². The minimum Gasteiger partial charge on any atom is -0.464 e. The van der Waals surface area contributed by atoms with E-state index in [0.717, 1.165) is 28.6 Å². The van der Waals surface area contributed by atoms with Crippen LogP contribution in [0.4, 0.5) is 0 Å². The van der Waals surface area contributed by atoms with Crippen molar-refractivity contribution in [1.82, 2.24) is 4.98 Å². The maximum atomic E-state index is 9.13. The van der Waals surface area contributed by atoms with Crippen LogP contribution in [0, 0.1) is 5.92 Å². The standard InChI is InChI=1S/C19H21NO5/c1-22-12-14-6-4-9-24-19(14)17-15(18(25-19)23-10-8-21)11-13-5-2-3-7-16(13)20-17/h2-5,7,9,11,14,18,21H,6,8,10,12H2,1H3/t14?,18-,19-/m0/s1. The lowest BCUT2D eigenvalue weighted by Crippen LogP contribution is -2.41. The number of methoxy groups -OCH3 is 1. The number of pyridine rings is 1. The molecule has 0 amide bonds. The maximum absolute atomic E-state index is 9.13. The van der Waals surface area contributed by atoms with Gasteiger partial charge in [0.1, 0.15) is 5.69 Å². The molecule has 0 radical (unpaired) electrons. The van der Waals surface area contributed by atoms with Crippen molar-refractivity contribution < 1.29 is 24.1 Å². The molecule has 0 saturated carbocycles. The van der Waals surface area contributed by atoms with Crippen LogP contribution in [0.3, 0.4) is 0 Å². The normalized spacial score (nSPS) is 27.6. The van der Waals surface area contributed by atoms with Gasteiger partial charge in [0.15, 0.2) is 6.29 Å². The predicted molar refractivity (Wildman–Crippen MR) is 90.5 cm³/mol. The molecule has 1 aromatic carbocycles. The van der Waals surface area contributed by atoms with Crippen LogP contribution < -0.4 is 0 Å². The highest BCUT2D eigenvalue weighted by atomic mass is 16.8. The van der Waals surface area contributed by atoms with Crippen molar-refractivity contribution in [1.29, 1.82) is 0 Å². The minimum atomic E-state index is -1.04. The monoisotopic (exact) mass is 343 g/mol. The van der Waals surface area contributed by atoms with Crippen molar-refractivity contribution >= 4 is 10.9 Å². The number of fused-ring (bicyclic) bond motifs is 3. The molecule has 6 nitrogen and oxygen atoms in total. The highest BCUT2D eigenvalue weighted by Crippen LogP contribution is 2.51. The molecule has 0 aliphatic carbocycles. The molecule has 6 heteroatoms. The fourth-order valence-electron chi connectivity index (χ4n) is 3.53. The predicted octanol–water partition coefficient (Wildman–Crippen LogP) is 2.62. The molecular weight excluding hydrogens is 322 g/mol. The second-order valence-corrected chi connectivity index (χ2v) is 6.21. The van der Waals surface area contributed by atoms with Gasteiger partial charge in [0.25, 0.3) is 5.79 Å². The molecule has 4 rings (SSSR count). The largest absolute Gasteiger partial charge is 0.464 e. The Bertz CT molecular complexity index is 792. The molecule has 1 spiro atoms. The fourth-order valence-corrected chi connectivity index (χ4v) is 3.53. The Hall–Kier alpha value is -1.99. The van der Waals surface area contributed by atoms with E-state index in [-0.39, 0.29) is 19.1 Å². The summed E-state index contributed by atoms with van der Waals surface area (Å²) in [5.41, 5.74) is 2.44. The molecule has 1 unspecified atom stereocenters. The summed E-state index contributed by atoms with van der Waals surface area (Å²) in [6.45, 7) is 0.578. The highest BCUT2D eigenvalue weighted by Gasteiger charge is 2.55. The van der Waals surface area contributed by atoms with E-state index in [1.165, 1.54) is 0 Å². The van der Waals surface area contributed by atoms with Gasteiger partial charge in [0.2, 0.25) is 0 Å². The molecule has 0 saturated heterocycles. The molecule has 2 aliphatic heterocycles. The summed E-state index contributed by atoms with van der Waals surface area (Å²) in [4.78, 5) is 4.84. The Balaban J connectivity index is 1.85. The third-order valence-electron chi connectivity index (χ3n) is 4.65. The van der Waals surface area contributed by atoms with E-state index in [4.69, 9.17) is 29.0 Å². The summed E-state index contributed by atoms with van der Waals surface area (Å²) in [5, 5.41) is 10.1. The summed E-state index contributed by atoms with van der Waals surface area (Å²) in [6.07, 6.45) is 3.74. The minimum absolute atomic E-state index is 0.0439. The van der Waals surface area contributed by atoms with Gasteiger partial charge in [-0.1, -0.05) is 18.2 Å². The van der Waals surface area contributed by atoms with E-state index in [0.29, 0.717) is 6.61 Å². The van der Waals surface area contributed by atoms with Crippen LogP contribution >= 0.6 is 0 Å². The number of benzene rings is 1. The van der Waals surface area contributed by atoms with Gasteiger partial charge in [0, 0.05) is 18.1 Å². The third kappa shape index (κ3) is 2.71. The second kappa shape index (κ2) is 6.72. The van der Waals surface area contributed by atoms with Crippen LogP contribution in [0.1, 0.15) is 24.0 Å². The number of rotatable bonds is 5. The average molecular weight is 343 g/mol. The van der Waals surface area contributed by atoms with E-state index in [9.17, 15) is 0 Å². The molecule has 2 aliphatic rings. The van der Waals surface area contributed by atoms with Gasteiger partial charge in [-0.25, -0.2) is 4.98 Å². The van der Waals surface area contributed by atoms with Crippen molar-refractivity contribution in [3.05, 3.63) is 53.9 Å². The van der Waals surface area contributed by atoms with Gasteiger partial charge in [-0.15, -0.1) is 0 Å². The number of allylic oxidation sites excluding steroid dienone is 1. The van der Waals surface area contributed by atoms with E-state index < -0.39 is 12.1 Å². The summed E-state index contributed by atoms with van der Waals surface area (Å²) in [6, 6.07) is 9.93. The SMILES string of the molecule is COCC1CC=CO[C@]12O[C@H](OCCO)c1cc3ccccc3nc12. The van der Waals surface area contributed by atoms with E-state index in [1.54, 1.807) is 13.4 Å². The zero-order valence-electron chi connectivity index (χ0n) is 14.1. The number of para-hydroxylation sites is 1. The lowest BCUT2D eigenvalue weighted by Gasteiger charge is -2.37. The average Bonchev–Trinajstić information content (AvgIpc) is 2.94. The van der Waals surface area contributed by atoms with E-state index in [2.05, 4.69) is 0 Å². The highest BCUT2D eigenvalue weighted by molar-refractivity contribution is 5.79. The van der Waals surface area contributed by atoms with Gasteiger partial charge in [-0.3, -0.25) is 0 Å². The Kier molecular flexibility index (Phi) is 4.43. The zero-order valence-corrected chi connectivity index (χ0v) is 14.1. The first kappa shape index (κ1) is 16.5. The van der Waals surface area contributed by atoms with Gasteiger partial charge in [-0.2, -0.15) is 0 Å². The molecular formula is C19H21NO5. The summed E-state index contributed by atoms with van der Waals surface area (Å²) in [5.74, 6) is -1.08. The van der Waals surface area contributed by atoms with Crippen molar-refractivity contribution in [2.75, 3.05) is 26.9 Å². The second-order valence-electron chi connectivity index (χ2n) is 6.21. The summed E-state index contributed by atoms with van der Waals surface area (Å²) < 4.78 is 23.3. The maximum Gasteiger partial charge on any atom is 0.261 e. The Morgan fingerprint density at radius 1 is 1.36 bits per heavy atom. The lowest BCUT2D eigenvalue weighted by atomic mass is 9.90. The van der Waals surface area contributed by atoms with Gasteiger partial charge < -0.3 is 24.1 Å². The van der Waals surface area contributed by atoms with Crippen LogP contribution in [0.2, 0.25) is 0 Å². The first-order valence-electron chi connectivity index (χ1n) is 8.40. The topological polar surface area (TPSA) is 70.0 Å². The van der Waals surface area contributed by atoms with E-state index in [1.807, 2.05) is 36.4 Å². The van der Waals surface area contributed by atoms with Crippen LogP contribution in [-0.4, -0.2) is 37.0 Å². The number of aliphatic hydroxyl groups is 1. The molecule has 0 bridgehead atoms. The first-order chi connectivity index (χ1) is 12.3. The molecule has 1 N–H and O–H groups in total. The number of aromatic nitrogens is 1. The van der Waals surface area contributed by atoms with Crippen LogP contribution in [0.15, 0.2) is 42.7 Å². The molecule has 3 atom stereocenters. The van der Waals surface area contributed by atoms with Crippen molar-refractivity contribution in [2.45, 2.75) is 18.5 Å². The fraction of sp³-hybridized carbons (Fsp3) is 0.421. The molecule has 132 valence electrons. The van der Waals surface area contributed by atoms with Gasteiger partial charge in [-0.05, 0) is 24.6 Å². The van der Waals surface area contributed by atoms with Crippen molar-refractivity contribution in [3.8, 4) is 0 Å². The van der Waals surface area contributed by atoms with Gasteiger partial charge >= 0.3 is 0 Å². The Morgan fingerprint density at radius 2 is 2.24 bits per heavy atom. The lowest BCUT2D eigenvalue weighted by molar-refractivity contribution is -0.317. The number of hydrogen-bond acceptors (Lipinski definition) is 6. The van der Waals surface area contributed by atoms with Crippen LogP contribution in [0.5, 0.6) is 0 Å². The van der Waals surface area contributed by atoms with Crippen molar-refractivity contribution in [2.24, 2.45) is 5.92 Å². The molecule has 3 heterocycles. The number of aliphatic hydroxyl groups excluding tert-OH is 1. The molecule has 0 fully saturated rings. The number of hydrogen-bond donors (Lipinski definition) is 1. The number of nitrogens with zero attached hydrogens (tertiary/aromatic N) is 1. The smallest absolute Gasteiger partial charge is 0.261 e. The third-order valence-corrected chi connectivity index (χ3v) is 4.65. The first-order valence-corrected chi connectivity index (χ1v) is 8.40. The van der Waals surface area contributed by atoms with Crippen molar-refractivity contribution in [3.63, 3.8) is 0 Å². The summed E-state index contributed by atoms with van der Waals surface area (Å²) >= 11 is 0. The Morgan fingerprint density at radius 3 is 3.08 bits per heavy atom. The molecule has 1 aromatic heterocycles. The quantitative estimate of drug-likeness (QED) is 0.900. The molecule has 25 heavy (non-hydrogen) atoms. The number of ether oxygens (including phenoxy) is 4.